The van der Waals surface area contributed by atoms with Gasteiger partial charge in [0, 0.05) is 18.5 Å². The van der Waals surface area contributed by atoms with Crippen LogP contribution in [-0.4, -0.2) is 15.6 Å². The Morgan fingerprint density at radius 1 is 1.38 bits per heavy atom. The Morgan fingerprint density at radius 3 is 2.85 bits per heavy atom. The van der Waals surface area contributed by atoms with Crippen LogP contribution in [0.15, 0.2) is 30.5 Å². The van der Waals surface area contributed by atoms with Crippen molar-refractivity contribution in [3.05, 3.63) is 30.5 Å². The molecule has 2 aromatic rings. The lowest BCUT2D eigenvalue weighted by molar-refractivity contribution is 0.0941. The van der Waals surface area contributed by atoms with Crippen LogP contribution in [-0.2, 0) is 0 Å². The van der Waals surface area contributed by atoms with Crippen LogP contribution in [0, 0.1) is 0 Å². The average molecular weight is 175 g/mol. The summed E-state index contributed by atoms with van der Waals surface area (Å²) in [5.74, 6) is 0.189. The maximum Gasteiger partial charge on any atom is 0.227 e. The maximum absolute atomic E-state index is 11.1. The van der Waals surface area contributed by atoms with Crippen molar-refractivity contribution in [2.45, 2.75) is 6.92 Å². The Kier molecular flexibility index (Phi) is 1.59. The predicted molar refractivity (Wildman–Crippen MR) is 49.9 cm³/mol. The highest BCUT2D eigenvalue weighted by Gasteiger charge is 2.03. The van der Waals surface area contributed by atoms with Gasteiger partial charge in [-0.2, -0.15) is 0 Å². The number of carbonyl (C=O) groups excluding carboxylic acids is 1. The standard InChI is InChI=1S/C10H9NO2/c1-7(12)11-5-4-8-6-9(13)2-3-10(8)11/h2-6,13H,1H3. The van der Waals surface area contributed by atoms with Crippen molar-refractivity contribution in [1.29, 1.82) is 0 Å². The van der Waals surface area contributed by atoms with Crippen LogP contribution < -0.4 is 0 Å². The molecule has 0 unspecified atom stereocenters. The molecule has 0 radical (unpaired) electrons. The van der Waals surface area contributed by atoms with Gasteiger partial charge in [-0.25, -0.2) is 0 Å². The fourth-order valence-corrected chi connectivity index (χ4v) is 1.40. The molecule has 0 aliphatic rings. The fourth-order valence-electron chi connectivity index (χ4n) is 1.40. The van der Waals surface area contributed by atoms with Gasteiger partial charge >= 0.3 is 0 Å². The van der Waals surface area contributed by atoms with E-state index in [2.05, 4.69) is 0 Å². The van der Waals surface area contributed by atoms with Crippen LogP contribution in [0.5, 0.6) is 5.75 Å². The molecular weight excluding hydrogens is 166 g/mol. The van der Waals surface area contributed by atoms with Crippen molar-refractivity contribution in [2.24, 2.45) is 0 Å². The van der Waals surface area contributed by atoms with E-state index >= 15 is 0 Å². The molecule has 1 aromatic carbocycles. The van der Waals surface area contributed by atoms with E-state index in [4.69, 9.17) is 0 Å². The van der Waals surface area contributed by atoms with E-state index in [9.17, 15) is 9.90 Å². The molecule has 0 saturated heterocycles. The van der Waals surface area contributed by atoms with Crippen LogP contribution >= 0.6 is 0 Å². The minimum atomic E-state index is -0.0271. The molecule has 0 amide bonds. The largest absolute Gasteiger partial charge is 0.508 e. The minimum Gasteiger partial charge on any atom is -0.508 e. The fraction of sp³-hybridized carbons (Fsp3) is 0.100. The summed E-state index contributed by atoms with van der Waals surface area (Å²) in [4.78, 5) is 11.1. The Bertz CT molecular complexity index is 471. The quantitative estimate of drug-likeness (QED) is 0.665. The molecule has 0 saturated carbocycles. The van der Waals surface area contributed by atoms with Crippen molar-refractivity contribution in [3.8, 4) is 5.75 Å². The van der Waals surface area contributed by atoms with Gasteiger partial charge in [0.15, 0.2) is 0 Å². The summed E-state index contributed by atoms with van der Waals surface area (Å²) >= 11 is 0. The molecule has 1 N–H and O–H groups in total. The molecule has 2 rings (SSSR count). The summed E-state index contributed by atoms with van der Waals surface area (Å²) in [6, 6.07) is 6.74. The van der Waals surface area contributed by atoms with Gasteiger partial charge in [-0.05, 0) is 24.3 Å². The van der Waals surface area contributed by atoms with Gasteiger partial charge in [-0.3, -0.25) is 9.36 Å². The predicted octanol–water partition coefficient (Wildman–Crippen LogP) is 2.01. The molecule has 66 valence electrons. The van der Waals surface area contributed by atoms with Gasteiger partial charge in [0.05, 0.1) is 5.52 Å². The van der Waals surface area contributed by atoms with Crippen molar-refractivity contribution in [1.82, 2.24) is 4.57 Å². The second-order valence-electron chi connectivity index (χ2n) is 2.95. The lowest BCUT2D eigenvalue weighted by atomic mass is 10.2. The molecule has 0 atom stereocenters. The second kappa shape index (κ2) is 2.62. The molecule has 3 heteroatoms. The minimum absolute atomic E-state index is 0.0271. The number of phenolic OH excluding ortho intramolecular Hbond substituents is 1. The Labute approximate surface area is 75.2 Å². The van der Waals surface area contributed by atoms with Crippen molar-refractivity contribution >= 4 is 16.8 Å². The van der Waals surface area contributed by atoms with Crippen LogP contribution in [0.3, 0.4) is 0 Å². The van der Waals surface area contributed by atoms with E-state index in [1.165, 1.54) is 6.92 Å². The van der Waals surface area contributed by atoms with Crippen molar-refractivity contribution < 1.29 is 9.90 Å². The van der Waals surface area contributed by atoms with Crippen LogP contribution in [0.4, 0.5) is 0 Å². The molecule has 1 aromatic heterocycles. The number of nitrogens with zero attached hydrogens (tertiary/aromatic N) is 1. The molecule has 13 heavy (non-hydrogen) atoms. The van der Waals surface area contributed by atoms with Gasteiger partial charge in [-0.15, -0.1) is 0 Å². The molecule has 0 spiro atoms. The van der Waals surface area contributed by atoms with Gasteiger partial charge in [0.1, 0.15) is 5.75 Å². The Hall–Kier alpha value is -1.77. The number of benzene rings is 1. The molecule has 3 nitrogen and oxygen atoms in total. The van der Waals surface area contributed by atoms with E-state index in [-0.39, 0.29) is 11.7 Å². The Morgan fingerprint density at radius 2 is 2.15 bits per heavy atom. The summed E-state index contributed by atoms with van der Waals surface area (Å²) in [6.45, 7) is 1.51. The van der Waals surface area contributed by atoms with Gasteiger partial charge < -0.3 is 5.11 Å². The monoisotopic (exact) mass is 175 g/mol. The van der Waals surface area contributed by atoms with Crippen molar-refractivity contribution in [3.63, 3.8) is 0 Å². The summed E-state index contributed by atoms with van der Waals surface area (Å²) in [6.07, 6.45) is 1.70. The number of aromatic hydroxyl groups is 1. The number of rotatable bonds is 0. The van der Waals surface area contributed by atoms with Crippen LogP contribution in [0.25, 0.3) is 10.9 Å². The summed E-state index contributed by atoms with van der Waals surface area (Å²) in [5, 5.41) is 10.1. The third kappa shape index (κ3) is 1.18. The molecule has 0 fully saturated rings. The first-order valence-electron chi connectivity index (χ1n) is 3.99. The first kappa shape index (κ1) is 7.86. The molecule has 0 bridgehead atoms. The summed E-state index contributed by atoms with van der Waals surface area (Å²) in [5.41, 5.74) is 0.824. The average Bonchev–Trinajstić information content (AvgIpc) is 2.46. The number of aromatic nitrogens is 1. The van der Waals surface area contributed by atoms with Gasteiger partial charge in [-0.1, -0.05) is 0 Å². The zero-order valence-corrected chi connectivity index (χ0v) is 7.19. The second-order valence-corrected chi connectivity index (χ2v) is 2.95. The topological polar surface area (TPSA) is 42.2 Å². The molecule has 1 heterocycles. The van der Waals surface area contributed by atoms with Crippen LogP contribution in [0.1, 0.15) is 11.7 Å². The number of fused-ring (bicyclic) bond motifs is 1. The molecular formula is C10H9NO2. The highest BCUT2D eigenvalue weighted by atomic mass is 16.3. The van der Waals surface area contributed by atoms with Crippen LogP contribution in [0.2, 0.25) is 0 Å². The van der Waals surface area contributed by atoms with Crippen molar-refractivity contribution in [2.75, 3.05) is 0 Å². The van der Waals surface area contributed by atoms with Gasteiger partial charge in [0.2, 0.25) is 5.91 Å². The summed E-state index contributed by atoms with van der Waals surface area (Å²) in [7, 11) is 0. The highest BCUT2D eigenvalue weighted by Crippen LogP contribution is 2.20. The number of carbonyl (C=O) groups is 1. The lowest BCUT2D eigenvalue weighted by Crippen LogP contribution is -2.02. The van der Waals surface area contributed by atoms with E-state index in [0.29, 0.717) is 0 Å². The summed E-state index contributed by atoms with van der Waals surface area (Å²) < 4.78 is 1.55. The Balaban J connectivity index is 2.76. The smallest absolute Gasteiger partial charge is 0.227 e. The number of hydrogen-bond donors (Lipinski definition) is 1. The zero-order chi connectivity index (χ0) is 9.42. The normalized spacial score (nSPS) is 10.5. The first-order valence-corrected chi connectivity index (χ1v) is 3.99. The van der Waals surface area contributed by atoms with Gasteiger partial charge in [0.25, 0.3) is 0 Å². The number of phenols is 1. The SMILES string of the molecule is CC(=O)n1ccc2cc(O)ccc21. The zero-order valence-electron chi connectivity index (χ0n) is 7.19. The van der Waals surface area contributed by atoms with E-state index < -0.39 is 0 Å². The lowest BCUT2D eigenvalue weighted by Gasteiger charge is -1.98. The van der Waals surface area contributed by atoms with E-state index in [1.807, 2.05) is 0 Å². The third-order valence-corrected chi connectivity index (χ3v) is 2.01. The highest BCUT2D eigenvalue weighted by molar-refractivity contribution is 5.91. The maximum atomic E-state index is 11.1. The molecule has 0 aliphatic heterocycles. The third-order valence-electron chi connectivity index (χ3n) is 2.01. The van der Waals surface area contributed by atoms with E-state index in [0.717, 1.165) is 10.9 Å². The number of hydrogen-bond acceptors (Lipinski definition) is 2. The molecule has 0 aliphatic carbocycles. The van der Waals surface area contributed by atoms with E-state index in [1.54, 1.807) is 35.0 Å². The first-order chi connectivity index (χ1) is 6.18.